The Labute approximate surface area is 383 Å². The van der Waals surface area contributed by atoms with Gasteiger partial charge in [0.25, 0.3) is 0 Å². The number of carbonyl (C=O) groups is 2. The third-order valence-corrected chi connectivity index (χ3v) is 11.3. The minimum absolute atomic E-state index is 0.0225. The standard InChI is InChI=1S/C56H97NO5/c1-4-7-10-13-16-19-22-24-25-26-27-28-29-31-34-37-40-43-46-49-56(61)62-52(47-44-41-38-35-32-21-18-15-12-9-6-3)50-55(60)57-53(51-58)54(59)48-45-42-39-36-33-30-23-20-17-14-11-8-5-2/h9,12,15-16,18-19,21,24-25,27-28,32,35,38,52-54,58-59H,4-8,10-11,13-14,17,20,22-23,26,29-31,33-34,36-37,39-51H2,1-3H3,(H,57,60)/b12-9+,18-15+,19-16-,25-24-,28-27-,32-21-,38-35-. The quantitative estimate of drug-likeness (QED) is 0.0245. The van der Waals surface area contributed by atoms with Gasteiger partial charge in [-0.05, 0) is 77.0 Å². The minimum Gasteiger partial charge on any atom is -0.462 e. The number of esters is 1. The average molecular weight is 864 g/mol. The van der Waals surface area contributed by atoms with Crippen LogP contribution >= 0.6 is 0 Å². The molecule has 0 rings (SSSR count). The molecule has 0 radical (unpaired) electrons. The molecule has 0 saturated heterocycles. The van der Waals surface area contributed by atoms with Crippen LogP contribution in [-0.2, 0) is 14.3 Å². The van der Waals surface area contributed by atoms with E-state index < -0.39 is 18.2 Å². The number of aliphatic hydroxyl groups excluding tert-OH is 2. The lowest BCUT2D eigenvalue weighted by atomic mass is 10.0. The van der Waals surface area contributed by atoms with E-state index >= 15 is 0 Å². The molecule has 0 aliphatic heterocycles. The molecular formula is C56H97NO5. The predicted molar refractivity (Wildman–Crippen MR) is 268 cm³/mol. The van der Waals surface area contributed by atoms with Crippen molar-refractivity contribution in [3.05, 3.63) is 85.1 Å². The summed E-state index contributed by atoms with van der Waals surface area (Å²) < 4.78 is 5.88. The maximum Gasteiger partial charge on any atom is 0.306 e. The molecule has 0 fully saturated rings. The van der Waals surface area contributed by atoms with Crippen molar-refractivity contribution in [3.8, 4) is 0 Å². The zero-order chi connectivity index (χ0) is 45.2. The normalized spacial score (nSPS) is 14.0. The Morgan fingerprint density at radius 3 is 1.52 bits per heavy atom. The van der Waals surface area contributed by atoms with Crippen LogP contribution in [-0.4, -0.2) is 46.9 Å². The molecule has 3 unspecified atom stereocenters. The largest absolute Gasteiger partial charge is 0.462 e. The van der Waals surface area contributed by atoms with Crippen LogP contribution in [0.5, 0.6) is 0 Å². The number of ether oxygens (including phenoxy) is 1. The lowest BCUT2D eigenvalue weighted by molar-refractivity contribution is -0.151. The summed E-state index contributed by atoms with van der Waals surface area (Å²) >= 11 is 0. The summed E-state index contributed by atoms with van der Waals surface area (Å²) in [6, 6.07) is -0.729. The summed E-state index contributed by atoms with van der Waals surface area (Å²) in [5.41, 5.74) is 0. The molecule has 0 aromatic rings. The van der Waals surface area contributed by atoms with Crippen LogP contribution in [0.25, 0.3) is 0 Å². The van der Waals surface area contributed by atoms with Crippen molar-refractivity contribution in [2.24, 2.45) is 0 Å². The number of rotatable bonds is 45. The molecule has 6 nitrogen and oxygen atoms in total. The topological polar surface area (TPSA) is 95.9 Å². The van der Waals surface area contributed by atoms with E-state index in [1.807, 2.05) is 36.5 Å². The number of nitrogens with one attached hydrogen (secondary N) is 1. The molecule has 0 aromatic heterocycles. The fourth-order valence-corrected chi connectivity index (χ4v) is 7.39. The highest BCUT2D eigenvalue weighted by Gasteiger charge is 2.24. The van der Waals surface area contributed by atoms with Gasteiger partial charge in [-0.25, -0.2) is 0 Å². The SMILES string of the molecule is CC/C=C/C=C/C=C\C=C/CCCC(CC(=O)NC(CO)C(O)CCCCCCCCCCCCCCC)OC(=O)CCCCCCCC/C=C\C/C=C\C/C=C\CCCCC. The smallest absolute Gasteiger partial charge is 0.306 e. The third kappa shape index (κ3) is 43.7. The maximum absolute atomic E-state index is 13.2. The number of allylic oxidation sites excluding steroid dienone is 14. The summed E-state index contributed by atoms with van der Waals surface area (Å²) in [6.07, 6.45) is 63.6. The zero-order valence-corrected chi connectivity index (χ0v) is 40.5. The highest BCUT2D eigenvalue weighted by Crippen LogP contribution is 2.17. The van der Waals surface area contributed by atoms with Crippen LogP contribution in [0.4, 0.5) is 0 Å². The molecule has 0 spiro atoms. The summed E-state index contributed by atoms with van der Waals surface area (Å²) in [4.78, 5) is 26.1. The van der Waals surface area contributed by atoms with Crippen molar-refractivity contribution in [1.82, 2.24) is 5.32 Å². The number of hydrogen-bond acceptors (Lipinski definition) is 5. The molecule has 3 atom stereocenters. The molecule has 3 N–H and O–H groups in total. The molecule has 0 saturated carbocycles. The second-order valence-corrected chi connectivity index (χ2v) is 17.3. The molecule has 0 aliphatic carbocycles. The van der Waals surface area contributed by atoms with Crippen molar-refractivity contribution in [2.75, 3.05) is 6.61 Å². The van der Waals surface area contributed by atoms with Crippen LogP contribution in [0.1, 0.15) is 233 Å². The van der Waals surface area contributed by atoms with Crippen LogP contribution < -0.4 is 5.32 Å². The first-order valence-electron chi connectivity index (χ1n) is 25.9. The van der Waals surface area contributed by atoms with Crippen molar-refractivity contribution in [2.45, 2.75) is 251 Å². The van der Waals surface area contributed by atoms with E-state index in [9.17, 15) is 19.8 Å². The van der Waals surface area contributed by atoms with Gasteiger partial charge in [-0.2, -0.15) is 0 Å². The van der Waals surface area contributed by atoms with Crippen molar-refractivity contribution < 1.29 is 24.5 Å². The number of carbonyl (C=O) groups excluding carboxylic acids is 2. The van der Waals surface area contributed by atoms with E-state index in [2.05, 4.69) is 74.7 Å². The number of amides is 1. The van der Waals surface area contributed by atoms with Crippen LogP contribution in [0.15, 0.2) is 85.1 Å². The van der Waals surface area contributed by atoms with E-state index in [1.165, 1.54) is 109 Å². The monoisotopic (exact) mass is 864 g/mol. The van der Waals surface area contributed by atoms with Gasteiger partial charge in [0.05, 0.1) is 25.2 Å². The van der Waals surface area contributed by atoms with Gasteiger partial charge < -0.3 is 20.3 Å². The fourth-order valence-electron chi connectivity index (χ4n) is 7.39. The zero-order valence-electron chi connectivity index (χ0n) is 40.5. The molecule has 62 heavy (non-hydrogen) atoms. The van der Waals surface area contributed by atoms with Crippen LogP contribution in [0.3, 0.4) is 0 Å². The van der Waals surface area contributed by atoms with Crippen LogP contribution in [0, 0.1) is 0 Å². The lowest BCUT2D eigenvalue weighted by Gasteiger charge is -2.24. The van der Waals surface area contributed by atoms with Crippen molar-refractivity contribution >= 4 is 11.9 Å². The third-order valence-electron chi connectivity index (χ3n) is 11.3. The first-order chi connectivity index (χ1) is 30.5. The summed E-state index contributed by atoms with van der Waals surface area (Å²) in [5.74, 6) is -0.561. The Hall–Kier alpha value is -2.96. The summed E-state index contributed by atoms with van der Waals surface area (Å²) in [7, 11) is 0. The second kappa shape index (κ2) is 49.1. The maximum atomic E-state index is 13.2. The van der Waals surface area contributed by atoms with E-state index in [0.29, 0.717) is 19.3 Å². The molecule has 356 valence electrons. The second-order valence-electron chi connectivity index (χ2n) is 17.3. The van der Waals surface area contributed by atoms with Crippen LogP contribution in [0.2, 0.25) is 0 Å². The van der Waals surface area contributed by atoms with E-state index in [1.54, 1.807) is 0 Å². The Morgan fingerprint density at radius 2 is 0.952 bits per heavy atom. The van der Waals surface area contributed by atoms with Crippen molar-refractivity contribution in [3.63, 3.8) is 0 Å². The molecule has 0 heterocycles. The highest BCUT2D eigenvalue weighted by atomic mass is 16.5. The predicted octanol–water partition coefficient (Wildman–Crippen LogP) is 15.6. The van der Waals surface area contributed by atoms with Gasteiger partial charge >= 0.3 is 5.97 Å². The molecule has 0 bridgehead atoms. The van der Waals surface area contributed by atoms with Gasteiger partial charge in [0.1, 0.15) is 6.10 Å². The van der Waals surface area contributed by atoms with Gasteiger partial charge in [-0.1, -0.05) is 228 Å². The molecule has 0 aromatic carbocycles. The number of aliphatic hydroxyl groups is 2. The molecule has 6 heteroatoms. The Bertz CT molecular complexity index is 1200. The molecule has 0 aliphatic rings. The van der Waals surface area contributed by atoms with Gasteiger partial charge in [-0.3, -0.25) is 9.59 Å². The Kier molecular flexibility index (Phi) is 46.7. The lowest BCUT2D eigenvalue weighted by Crippen LogP contribution is -2.46. The van der Waals surface area contributed by atoms with E-state index in [4.69, 9.17) is 4.74 Å². The van der Waals surface area contributed by atoms with Gasteiger partial charge in [-0.15, -0.1) is 0 Å². The summed E-state index contributed by atoms with van der Waals surface area (Å²) in [5, 5.41) is 23.7. The number of hydrogen-bond donors (Lipinski definition) is 3. The fraction of sp³-hybridized carbons (Fsp3) is 0.714. The molecular weight excluding hydrogens is 767 g/mol. The van der Waals surface area contributed by atoms with Gasteiger partial charge in [0.15, 0.2) is 0 Å². The molecule has 1 amide bonds. The van der Waals surface area contributed by atoms with Gasteiger partial charge in [0, 0.05) is 6.42 Å². The average Bonchev–Trinajstić information content (AvgIpc) is 3.26. The van der Waals surface area contributed by atoms with E-state index in [0.717, 1.165) is 77.0 Å². The Morgan fingerprint density at radius 1 is 0.500 bits per heavy atom. The van der Waals surface area contributed by atoms with Crippen molar-refractivity contribution in [1.29, 1.82) is 0 Å². The Balaban J connectivity index is 4.60. The highest BCUT2D eigenvalue weighted by molar-refractivity contribution is 5.77. The van der Waals surface area contributed by atoms with Gasteiger partial charge in [0.2, 0.25) is 5.91 Å². The van der Waals surface area contributed by atoms with E-state index in [-0.39, 0.29) is 24.9 Å². The number of unbranched alkanes of at least 4 members (excludes halogenated alkanes) is 22. The summed E-state index contributed by atoms with van der Waals surface area (Å²) in [6.45, 7) is 6.28. The first-order valence-corrected chi connectivity index (χ1v) is 25.9. The minimum atomic E-state index is -0.810. The first kappa shape index (κ1) is 59.0.